The molecular weight excluding hydrogens is 264 g/mol. The van der Waals surface area contributed by atoms with Crippen LogP contribution in [0, 0.1) is 13.8 Å². The zero-order valence-electron chi connectivity index (χ0n) is 13.2. The summed E-state index contributed by atoms with van der Waals surface area (Å²) in [5.41, 5.74) is 4.52. The number of nitrogens with zero attached hydrogens (tertiary/aromatic N) is 2. The van der Waals surface area contributed by atoms with Crippen molar-refractivity contribution in [3.05, 3.63) is 41.2 Å². The van der Waals surface area contributed by atoms with Crippen LogP contribution in [0.3, 0.4) is 0 Å². The van der Waals surface area contributed by atoms with Gasteiger partial charge in [-0.15, -0.1) is 0 Å². The lowest BCUT2D eigenvalue weighted by molar-refractivity contribution is 0.262. The number of carbonyl (C=O) groups is 1. The predicted molar refractivity (Wildman–Crippen MR) is 85.9 cm³/mol. The lowest BCUT2D eigenvalue weighted by atomic mass is 10.0. The van der Waals surface area contributed by atoms with E-state index in [1.54, 1.807) is 4.68 Å². The zero-order chi connectivity index (χ0) is 15.6. The number of aryl methyl sites for hydroxylation is 2. The van der Waals surface area contributed by atoms with Crippen molar-refractivity contribution in [2.45, 2.75) is 33.6 Å². The SMILES string of the molecule is Cc1nn(C)c(C)c1NC(=O)Nc1ccc(C(C)C)cc1. The van der Waals surface area contributed by atoms with Gasteiger partial charge in [-0.3, -0.25) is 4.68 Å². The number of carbonyl (C=O) groups excluding carboxylic acids is 1. The minimum atomic E-state index is -0.258. The second-order valence-corrected chi connectivity index (χ2v) is 5.53. The molecule has 0 unspecified atom stereocenters. The van der Waals surface area contributed by atoms with Gasteiger partial charge in [-0.2, -0.15) is 5.10 Å². The van der Waals surface area contributed by atoms with E-state index >= 15 is 0 Å². The second-order valence-electron chi connectivity index (χ2n) is 5.53. The maximum atomic E-state index is 12.1. The molecule has 0 aliphatic rings. The van der Waals surface area contributed by atoms with E-state index in [0.29, 0.717) is 5.92 Å². The third-order valence-electron chi connectivity index (χ3n) is 3.58. The smallest absolute Gasteiger partial charge is 0.308 e. The van der Waals surface area contributed by atoms with Crippen LogP contribution >= 0.6 is 0 Å². The second kappa shape index (κ2) is 5.99. The molecular formula is C16H22N4O. The molecule has 21 heavy (non-hydrogen) atoms. The van der Waals surface area contributed by atoms with Gasteiger partial charge in [0.2, 0.25) is 0 Å². The molecule has 0 aliphatic heterocycles. The normalized spacial score (nSPS) is 10.8. The first-order valence-electron chi connectivity index (χ1n) is 7.06. The van der Waals surface area contributed by atoms with E-state index in [-0.39, 0.29) is 6.03 Å². The largest absolute Gasteiger partial charge is 0.323 e. The molecule has 0 bridgehead atoms. The van der Waals surface area contributed by atoms with E-state index < -0.39 is 0 Å². The fourth-order valence-corrected chi connectivity index (χ4v) is 2.18. The molecule has 0 fully saturated rings. The summed E-state index contributed by atoms with van der Waals surface area (Å²) >= 11 is 0. The summed E-state index contributed by atoms with van der Waals surface area (Å²) in [5, 5.41) is 9.96. The third-order valence-corrected chi connectivity index (χ3v) is 3.58. The molecule has 0 saturated carbocycles. The summed E-state index contributed by atoms with van der Waals surface area (Å²) in [6.07, 6.45) is 0. The quantitative estimate of drug-likeness (QED) is 0.901. The maximum Gasteiger partial charge on any atom is 0.323 e. The van der Waals surface area contributed by atoms with Crippen LogP contribution in [0.5, 0.6) is 0 Å². The van der Waals surface area contributed by atoms with Crippen LogP contribution in [0.25, 0.3) is 0 Å². The maximum absolute atomic E-state index is 12.1. The minimum absolute atomic E-state index is 0.258. The molecule has 112 valence electrons. The van der Waals surface area contributed by atoms with Gasteiger partial charge in [-0.1, -0.05) is 26.0 Å². The third kappa shape index (κ3) is 3.42. The molecule has 5 nitrogen and oxygen atoms in total. The van der Waals surface area contributed by atoms with E-state index in [1.807, 2.05) is 45.2 Å². The van der Waals surface area contributed by atoms with E-state index in [4.69, 9.17) is 0 Å². The van der Waals surface area contributed by atoms with E-state index in [2.05, 4.69) is 29.6 Å². The Bertz CT molecular complexity index is 641. The van der Waals surface area contributed by atoms with Gasteiger partial charge in [0.25, 0.3) is 0 Å². The molecule has 2 rings (SSSR count). The highest BCUT2D eigenvalue weighted by Crippen LogP contribution is 2.20. The fraction of sp³-hybridized carbons (Fsp3) is 0.375. The number of rotatable bonds is 3. The molecule has 1 heterocycles. The molecule has 2 N–H and O–H groups in total. The predicted octanol–water partition coefficient (Wildman–Crippen LogP) is 3.80. The first-order chi connectivity index (χ1) is 9.88. The average molecular weight is 286 g/mol. The van der Waals surface area contributed by atoms with Crippen LogP contribution in [-0.4, -0.2) is 15.8 Å². The van der Waals surface area contributed by atoms with Crippen LogP contribution in [-0.2, 0) is 7.05 Å². The van der Waals surface area contributed by atoms with Crippen molar-refractivity contribution in [3.63, 3.8) is 0 Å². The van der Waals surface area contributed by atoms with Crippen LogP contribution in [0.2, 0.25) is 0 Å². The number of amides is 2. The minimum Gasteiger partial charge on any atom is -0.308 e. The van der Waals surface area contributed by atoms with Crippen molar-refractivity contribution >= 4 is 17.4 Å². The molecule has 5 heteroatoms. The summed E-state index contributed by atoms with van der Waals surface area (Å²) in [4.78, 5) is 12.1. The highest BCUT2D eigenvalue weighted by molar-refractivity contribution is 6.00. The number of hydrogen-bond donors (Lipinski definition) is 2. The monoisotopic (exact) mass is 286 g/mol. The Labute approximate surface area is 125 Å². The van der Waals surface area contributed by atoms with Crippen molar-refractivity contribution in [3.8, 4) is 0 Å². The lowest BCUT2D eigenvalue weighted by Crippen LogP contribution is -2.20. The van der Waals surface area contributed by atoms with Crippen LogP contribution in [0.1, 0.15) is 36.7 Å². The Morgan fingerprint density at radius 1 is 1.14 bits per heavy atom. The molecule has 0 atom stereocenters. The van der Waals surface area contributed by atoms with Crippen LogP contribution < -0.4 is 10.6 Å². The molecule has 0 aliphatic carbocycles. The molecule has 0 radical (unpaired) electrons. The van der Waals surface area contributed by atoms with Gasteiger partial charge in [0.1, 0.15) is 0 Å². The molecule has 2 aromatic rings. The lowest BCUT2D eigenvalue weighted by Gasteiger charge is -2.10. The summed E-state index contributed by atoms with van der Waals surface area (Å²) in [6, 6.07) is 7.63. The molecule has 2 amide bonds. The molecule has 1 aromatic carbocycles. The van der Waals surface area contributed by atoms with Crippen molar-refractivity contribution in [2.24, 2.45) is 7.05 Å². The van der Waals surface area contributed by atoms with Gasteiger partial charge in [0.15, 0.2) is 0 Å². The number of hydrogen-bond acceptors (Lipinski definition) is 2. The van der Waals surface area contributed by atoms with Gasteiger partial charge in [-0.25, -0.2) is 4.79 Å². The number of urea groups is 1. The summed E-state index contributed by atoms with van der Waals surface area (Å²) in [5.74, 6) is 0.480. The van der Waals surface area contributed by atoms with Gasteiger partial charge in [0, 0.05) is 12.7 Å². The molecule has 1 aromatic heterocycles. The Morgan fingerprint density at radius 2 is 1.76 bits per heavy atom. The Balaban J connectivity index is 2.04. The first-order valence-corrected chi connectivity index (χ1v) is 7.06. The Hall–Kier alpha value is -2.30. The molecule has 0 saturated heterocycles. The van der Waals surface area contributed by atoms with Crippen LogP contribution in [0.15, 0.2) is 24.3 Å². The first kappa shape index (κ1) is 15.1. The number of nitrogens with one attached hydrogen (secondary N) is 2. The van der Waals surface area contributed by atoms with Crippen molar-refractivity contribution in [2.75, 3.05) is 10.6 Å². The van der Waals surface area contributed by atoms with E-state index in [0.717, 1.165) is 22.8 Å². The Morgan fingerprint density at radius 3 is 2.24 bits per heavy atom. The molecule has 0 spiro atoms. The van der Waals surface area contributed by atoms with Gasteiger partial charge < -0.3 is 10.6 Å². The number of anilines is 2. The number of aromatic nitrogens is 2. The average Bonchev–Trinajstić information content (AvgIpc) is 2.66. The van der Waals surface area contributed by atoms with Crippen molar-refractivity contribution < 1.29 is 4.79 Å². The standard InChI is InChI=1S/C16H22N4O/c1-10(2)13-6-8-14(9-7-13)17-16(21)18-15-11(3)19-20(5)12(15)4/h6-10H,1-5H3,(H2,17,18,21). The van der Waals surface area contributed by atoms with Crippen LogP contribution in [0.4, 0.5) is 16.2 Å². The topological polar surface area (TPSA) is 59.0 Å². The fourth-order valence-electron chi connectivity index (χ4n) is 2.18. The summed E-state index contributed by atoms with van der Waals surface area (Å²) in [6.45, 7) is 8.08. The van der Waals surface area contributed by atoms with Crippen molar-refractivity contribution in [1.82, 2.24) is 9.78 Å². The van der Waals surface area contributed by atoms with E-state index in [1.165, 1.54) is 5.56 Å². The number of benzene rings is 1. The highest BCUT2D eigenvalue weighted by atomic mass is 16.2. The van der Waals surface area contributed by atoms with Gasteiger partial charge in [-0.05, 0) is 37.5 Å². The highest BCUT2D eigenvalue weighted by Gasteiger charge is 2.12. The summed E-state index contributed by atoms with van der Waals surface area (Å²) < 4.78 is 1.75. The zero-order valence-corrected chi connectivity index (χ0v) is 13.2. The van der Waals surface area contributed by atoms with Gasteiger partial charge >= 0.3 is 6.03 Å². The van der Waals surface area contributed by atoms with E-state index in [9.17, 15) is 4.79 Å². The Kier molecular flexibility index (Phi) is 4.31. The van der Waals surface area contributed by atoms with Crippen molar-refractivity contribution in [1.29, 1.82) is 0 Å². The summed E-state index contributed by atoms with van der Waals surface area (Å²) in [7, 11) is 1.86. The van der Waals surface area contributed by atoms with Gasteiger partial charge in [0.05, 0.1) is 17.1 Å².